The third-order valence-electron chi connectivity index (χ3n) is 4.17. The molecule has 0 spiro atoms. The predicted octanol–water partition coefficient (Wildman–Crippen LogP) is 6.03. The summed E-state index contributed by atoms with van der Waals surface area (Å²) in [5.74, 6) is -0.155. The summed E-state index contributed by atoms with van der Waals surface area (Å²) in [4.78, 5) is 12.5. The highest BCUT2D eigenvalue weighted by atomic mass is 79.9. The number of amides is 2. The maximum Gasteiger partial charge on any atom is 0.323 e. The highest BCUT2D eigenvalue weighted by Gasteiger charge is 2.19. The highest BCUT2D eigenvalue weighted by molar-refractivity contribution is 9.10. The molecular formula is C21H18BrClN2O3S. The zero-order valence-electron chi connectivity index (χ0n) is 15.4. The largest absolute Gasteiger partial charge is 0.323 e. The summed E-state index contributed by atoms with van der Waals surface area (Å²) in [6.45, 7) is 1.72. The summed E-state index contributed by atoms with van der Waals surface area (Å²) in [6, 6.07) is 18.2. The van der Waals surface area contributed by atoms with E-state index < -0.39 is 15.9 Å². The molecule has 0 aliphatic rings. The molecule has 3 aromatic carbocycles. The van der Waals surface area contributed by atoms with Gasteiger partial charge in [-0.25, -0.2) is 13.2 Å². The van der Waals surface area contributed by atoms with Gasteiger partial charge in [-0.15, -0.1) is 0 Å². The molecule has 29 heavy (non-hydrogen) atoms. The maximum absolute atomic E-state index is 12.9. The molecule has 0 aliphatic heterocycles. The van der Waals surface area contributed by atoms with Crippen molar-refractivity contribution in [3.05, 3.63) is 87.4 Å². The Morgan fingerprint density at radius 2 is 1.69 bits per heavy atom. The van der Waals surface area contributed by atoms with Crippen LogP contribution in [0.5, 0.6) is 0 Å². The van der Waals surface area contributed by atoms with Crippen molar-refractivity contribution in [2.24, 2.45) is 0 Å². The number of benzene rings is 3. The normalized spacial score (nSPS) is 11.1. The highest BCUT2D eigenvalue weighted by Crippen LogP contribution is 2.25. The fourth-order valence-corrected chi connectivity index (χ4v) is 4.90. The van der Waals surface area contributed by atoms with Gasteiger partial charge in [0.2, 0.25) is 0 Å². The second kappa shape index (κ2) is 8.98. The fourth-order valence-electron chi connectivity index (χ4n) is 2.74. The molecular weight excluding hydrogens is 476 g/mol. The smallest absolute Gasteiger partial charge is 0.308 e. The van der Waals surface area contributed by atoms with Gasteiger partial charge in [-0.1, -0.05) is 41.9 Å². The van der Waals surface area contributed by atoms with Crippen LogP contribution in [-0.2, 0) is 15.6 Å². The van der Waals surface area contributed by atoms with Gasteiger partial charge in [0, 0.05) is 15.2 Å². The molecule has 8 heteroatoms. The van der Waals surface area contributed by atoms with Crippen LogP contribution in [0.2, 0.25) is 5.02 Å². The van der Waals surface area contributed by atoms with Crippen molar-refractivity contribution in [1.29, 1.82) is 0 Å². The number of carbonyl (C=O) groups is 1. The van der Waals surface area contributed by atoms with Crippen molar-refractivity contribution in [3.63, 3.8) is 0 Å². The second-order valence-corrected chi connectivity index (χ2v) is 9.67. The number of hydrogen-bond donors (Lipinski definition) is 2. The zero-order valence-corrected chi connectivity index (χ0v) is 18.6. The van der Waals surface area contributed by atoms with Crippen LogP contribution in [-0.4, -0.2) is 14.4 Å². The summed E-state index contributed by atoms with van der Waals surface area (Å²) < 4.78 is 26.6. The number of para-hydroxylation sites is 1. The van der Waals surface area contributed by atoms with Crippen molar-refractivity contribution in [2.45, 2.75) is 17.6 Å². The Morgan fingerprint density at radius 3 is 2.38 bits per heavy atom. The summed E-state index contributed by atoms with van der Waals surface area (Å²) in [5.41, 5.74) is 2.23. The van der Waals surface area contributed by atoms with Crippen molar-refractivity contribution in [3.8, 4) is 0 Å². The Morgan fingerprint density at radius 1 is 1.00 bits per heavy atom. The van der Waals surface area contributed by atoms with Gasteiger partial charge in [0.1, 0.15) is 0 Å². The Bertz CT molecular complexity index is 1150. The molecule has 0 saturated heterocycles. The van der Waals surface area contributed by atoms with Gasteiger partial charge in [0.05, 0.1) is 16.3 Å². The number of aryl methyl sites for hydroxylation is 1. The monoisotopic (exact) mass is 492 g/mol. The third-order valence-corrected chi connectivity index (χ3v) is 6.94. The van der Waals surface area contributed by atoms with Crippen LogP contribution in [0, 0.1) is 6.92 Å². The minimum atomic E-state index is -3.60. The lowest BCUT2D eigenvalue weighted by atomic mass is 10.2. The van der Waals surface area contributed by atoms with Crippen LogP contribution in [0.1, 0.15) is 11.1 Å². The summed E-state index contributed by atoms with van der Waals surface area (Å²) in [5, 5.41) is 5.94. The summed E-state index contributed by atoms with van der Waals surface area (Å²) in [7, 11) is -3.60. The van der Waals surface area contributed by atoms with Crippen molar-refractivity contribution >= 4 is 54.8 Å². The quantitative estimate of drug-likeness (QED) is 0.456. The van der Waals surface area contributed by atoms with Crippen molar-refractivity contribution < 1.29 is 13.2 Å². The summed E-state index contributed by atoms with van der Waals surface area (Å²) in [6.07, 6.45) is 0. The second-order valence-electron chi connectivity index (χ2n) is 6.42. The van der Waals surface area contributed by atoms with E-state index in [1.54, 1.807) is 55.5 Å². The van der Waals surface area contributed by atoms with Crippen LogP contribution in [0.3, 0.4) is 0 Å². The molecule has 5 nitrogen and oxygen atoms in total. The van der Waals surface area contributed by atoms with Gasteiger partial charge < -0.3 is 10.6 Å². The molecule has 0 atom stereocenters. The van der Waals surface area contributed by atoms with E-state index in [0.717, 1.165) is 4.47 Å². The zero-order chi connectivity index (χ0) is 21.0. The molecule has 0 aliphatic carbocycles. The molecule has 0 heterocycles. The number of nitrogens with one attached hydrogen (secondary N) is 2. The lowest BCUT2D eigenvalue weighted by Gasteiger charge is -2.12. The minimum absolute atomic E-state index is 0.155. The maximum atomic E-state index is 12.9. The molecule has 2 amide bonds. The Kier molecular flexibility index (Phi) is 6.62. The lowest BCUT2D eigenvalue weighted by molar-refractivity contribution is 0.262. The number of halogens is 2. The first-order chi connectivity index (χ1) is 13.7. The Hall–Kier alpha value is -2.35. The van der Waals surface area contributed by atoms with E-state index in [0.29, 0.717) is 27.5 Å². The number of anilines is 2. The average molecular weight is 494 g/mol. The van der Waals surface area contributed by atoms with Gasteiger partial charge in [0.15, 0.2) is 9.84 Å². The average Bonchev–Trinajstić information content (AvgIpc) is 2.67. The van der Waals surface area contributed by atoms with Crippen LogP contribution in [0.15, 0.2) is 76.1 Å². The first-order valence-corrected chi connectivity index (χ1v) is 11.5. The number of rotatable bonds is 5. The number of urea groups is 1. The molecule has 3 aromatic rings. The molecule has 2 N–H and O–H groups in total. The van der Waals surface area contributed by atoms with E-state index in [2.05, 4.69) is 26.6 Å². The molecule has 150 valence electrons. The van der Waals surface area contributed by atoms with Gasteiger partial charge in [-0.2, -0.15) is 0 Å². The van der Waals surface area contributed by atoms with Crippen LogP contribution < -0.4 is 10.6 Å². The number of carbonyl (C=O) groups excluding carboxylic acids is 1. The van der Waals surface area contributed by atoms with E-state index in [1.807, 2.05) is 12.1 Å². The van der Waals surface area contributed by atoms with Crippen LogP contribution in [0.25, 0.3) is 0 Å². The van der Waals surface area contributed by atoms with Gasteiger partial charge in [-0.05, 0) is 70.4 Å². The first kappa shape index (κ1) is 21.4. The molecule has 3 rings (SSSR count). The minimum Gasteiger partial charge on any atom is -0.308 e. The van der Waals surface area contributed by atoms with E-state index in [-0.39, 0.29) is 10.6 Å². The van der Waals surface area contributed by atoms with Gasteiger partial charge in [-0.3, -0.25) is 0 Å². The van der Waals surface area contributed by atoms with E-state index in [1.165, 1.54) is 6.07 Å². The first-order valence-electron chi connectivity index (χ1n) is 8.65. The predicted molar refractivity (Wildman–Crippen MR) is 120 cm³/mol. The summed E-state index contributed by atoms with van der Waals surface area (Å²) >= 11 is 9.23. The standard InChI is InChI=1S/C21H18BrClN2O3S/c1-14-6-11-17(24-21(26)25-19-5-3-2-4-18(19)22)12-20(14)29(27,28)13-15-7-9-16(23)10-8-15/h2-12H,13H2,1H3,(H2,24,25,26). The van der Waals surface area contributed by atoms with E-state index in [4.69, 9.17) is 11.6 Å². The third kappa shape index (κ3) is 5.59. The Labute approximate surface area is 183 Å². The topological polar surface area (TPSA) is 75.3 Å². The molecule has 0 radical (unpaired) electrons. The Balaban J connectivity index is 1.79. The number of sulfone groups is 1. The van der Waals surface area contributed by atoms with Crippen molar-refractivity contribution in [2.75, 3.05) is 10.6 Å². The molecule has 0 fully saturated rings. The van der Waals surface area contributed by atoms with Gasteiger partial charge >= 0.3 is 6.03 Å². The SMILES string of the molecule is Cc1ccc(NC(=O)Nc2ccccc2Br)cc1S(=O)(=O)Cc1ccc(Cl)cc1. The lowest BCUT2D eigenvalue weighted by Crippen LogP contribution is -2.20. The van der Waals surface area contributed by atoms with E-state index in [9.17, 15) is 13.2 Å². The fraction of sp³-hybridized carbons (Fsp3) is 0.0952. The van der Waals surface area contributed by atoms with Gasteiger partial charge in [0.25, 0.3) is 0 Å². The van der Waals surface area contributed by atoms with Crippen LogP contribution >= 0.6 is 27.5 Å². The van der Waals surface area contributed by atoms with Crippen molar-refractivity contribution in [1.82, 2.24) is 0 Å². The van der Waals surface area contributed by atoms with E-state index >= 15 is 0 Å². The van der Waals surface area contributed by atoms with Crippen LogP contribution in [0.4, 0.5) is 16.2 Å². The molecule has 0 aromatic heterocycles. The number of hydrogen-bond acceptors (Lipinski definition) is 3. The molecule has 0 bridgehead atoms. The molecule has 0 saturated carbocycles. The molecule has 0 unspecified atom stereocenters.